The normalized spacial score (nSPS) is 14.0. The lowest BCUT2D eigenvalue weighted by Crippen LogP contribution is -2.38. The summed E-state index contributed by atoms with van der Waals surface area (Å²) in [6.07, 6.45) is 0.0530. The average Bonchev–Trinajstić information content (AvgIpc) is 2.39. The number of aryl methyl sites for hydroxylation is 1. The smallest absolute Gasteiger partial charge is 0.160 e. The van der Waals surface area contributed by atoms with Crippen molar-refractivity contribution in [1.82, 2.24) is 0 Å². The standard InChI is InChI=1S/C14H20N2O2/c1-11-5-7-12(8-6-11)16-14(2,10-15)9-13(17-3)18-4/h5-8,13,16H,9H2,1-4H3. The monoisotopic (exact) mass is 248 g/mol. The highest BCUT2D eigenvalue weighted by Crippen LogP contribution is 2.21. The highest BCUT2D eigenvalue weighted by molar-refractivity contribution is 5.48. The Morgan fingerprint density at radius 3 is 2.28 bits per heavy atom. The van der Waals surface area contributed by atoms with Gasteiger partial charge in [-0.25, -0.2) is 0 Å². The number of methoxy groups -OCH3 is 2. The van der Waals surface area contributed by atoms with E-state index in [4.69, 9.17) is 9.47 Å². The van der Waals surface area contributed by atoms with Crippen LogP contribution >= 0.6 is 0 Å². The van der Waals surface area contributed by atoms with E-state index in [9.17, 15) is 5.26 Å². The maximum absolute atomic E-state index is 9.32. The Morgan fingerprint density at radius 1 is 1.28 bits per heavy atom. The maximum Gasteiger partial charge on any atom is 0.160 e. The van der Waals surface area contributed by atoms with Crippen molar-refractivity contribution >= 4 is 5.69 Å². The van der Waals surface area contributed by atoms with E-state index in [2.05, 4.69) is 11.4 Å². The summed E-state index contributed by atoms with van der Waals surface area (Å²) in [7, 11) is 3.13. The summed E-state index contributed by atoms with van der Waals surface area (Å²) >= 11 is 0. The summed E-state index contributed by atoms with van der Waals surface area (Å²) in [4.78, 5) is 0. The van der Waals surface area contributed by atoms with Gasteiger partial charge in [-0.2, -0.15) is 5.26 Å². The molecule has 0 spiro atoms. The number of rotatable bonds is 6. The van der Waals surface area contributed by atoms with Gasteiger partial charge in [-0.05, 0) is 26.0 Å². The molecular formula is C14H20N2O2. The van der Waals surface area contributed by atoms with Crippen molar-refractivity contribution in [3.05, 3.63) is 29.8 Å². The van der Waals surface area contributed by atoms with E-state index >= 15 is 0 Å². The van der Waals surface area contributed by atoms with Crippen LogP contribution in [0.1, 0.15) is 18.9 Å². The molecule has 1 aromatic carbocycles. The zero-order valence-corrected chi connectivity index (χ0v) is 11.4. The van der Waals surface area contributed by atoms with Crippen LogP contribution in [0.25, 0.3) is 0 Å². The fourth-order valence-corrected chi connectivity index (χ4v) is 1.68. The Morgan fingerprint density at radius 2 is 1.83 bits per heavy atom. The van der Waals surface area contributed by atoms with Crippen molar-refractivity contribution in [2.24, 2.45) is 0 Å². The third kappa shape index (κ3) is 4.02. The Hall–Kier alpha value is -1.57. The second-order valence-corrected chi connectivity index (χ2v) is 4.54. The lowest BCUT2D eigenvalue weighted by atomic mass is 9.98. The molecule has 18 heavy (non-hydrogen) atoms. The first-order valence-electron chi connectivity index (χ1n) is 5.84. The minimum atomic E-state index is -0.730. The van der Waals surface area contributed by atoms with Gasteiger partial charge in [-0.1, -0.05) is 17.7 Å². The number of nitriles is 1. The fraction of sp³-hybridized carbons (Fsp3) is 0.500. The average molecular weight is 248 g/mol. The molecule has 1 rings (SSSR count). The Labute approximate surface area is 109 Å². The quantitative estimate of drug-likeness (QED) is 0.786. The number of hydrogen-bond donors (Lipinski definition) is 1. The van der Waals surface area contributed by atoms with Gasteiger partial charge < -0.3 is 14.8 Å². The van der Waals surface area contributed by atoms with Crippen molar-refractivity contribution in [2.75, 3.05) is 19.5 Å². The number of hydrogen-bond acceptors (Lipinski definition) is 4. The lowest BCUT2D eigenvalue weighted by molar-refractivity contribution is -0.110. The summed E-state index contributed by atoms with van der Waals surface area (Å²) in [5, 5.41) is 12.5. The van der Waals surface area contributed by atoms with Crippen LogP contribution in [0.15, 0.2) is 24.3 Å². The molecule has 4 nitrogen and oxygen atoms in total. The van der Waals surface area contributed by atoms with Crippen molar-refractivity contribution in [3.63, 3.8) is 0 Å². The maximum atomic E-state index is 9.32. The first-order valence-corrected chi connectivity index (χ1v) is 5.84. The number of nitrogens with zero attached hydrogens (tertiary/aromatic N) is 1. The van der Waals surface area contributed by atoms with E-state index < -0.39 is 11.8 Å². The molecule has 0 saturated heterocycles. The van der Waals surface area contributed by atoms with Crippen LogP contribution < -0.4 is 5.32 Å². The van der Waals surface area contributed by atoms with Crippen LogP contribution in [0, 0.1) is 18.3 Å². The largest absolute Gasteiger partial charge is 0.367 e. The predicted molar refractivity (Wildman–Crippen MR) is 71.2 cm³/mol. The van der Waals surface area contributed by atoms with E-state index in [0.717, 1.165) is 5.69 Å². The number of ether oxygens (including phenoxy) is 2. The van der Waals surface area contributed by atoms with Crippen LogP contribution in [-0.4, -0.2) is 26.0 Å². The second-order valence-electron chi connectivity index (χ2n) is 4.54. The molecule has 1 unspecified atom stereocenters. The van der Waals surface area contributed by atoms with E-state index in [1.807, 2.05) is 38.1 Å². The zero-order chi connectivity index (χ0) is 13.6. The van der Waals surface area contributed by atoms with Gasteiger partial charge in [-0.15, -0.1) is 0 Å². The van der Waals surface area contributed by atoms with Crippen LogP contribution in [0.5, 0.6) is 0 Å². The SMILES string of the molecule is COC(CC(C)(C#N)Nc1ccc(C)cc1)OC. The van der Waals surface area contributed by atoms with Gasteiger partial charge >= 0.3 is 0 Å². The van der Waals surface area contributed by atoms with Crippen LogP contribution in [-0.2, 0) is 9.47 Å². The van der Waals surface area contributed by atoms with Gasteiger partial charge in [0.2, 0.25) is 0 Å². The van der Waals surface area contributed by atoms with Crippen molar-refractivity contribution in [2.45, 2.75) is 32.1 Å². The molecule has 1 aromatic rings. The van der Waals surface area contributed by atoms with Gasteiger partial charge in [0.1, 0.15) is 5.54 Å². The highest BCUT2D eigenvalue weighted by Gasteiger charge is 2.28. The molecule has 0 amide bonds. The van der Waals surface area contributed by atoms with Crippen molar-refractivity contribution in [1.29, 1.82) is 5.26 Å². The third-order valence-electron chi connectivity index (χ3n) is 2.82. The van der Waals surface area contributed by atoms with E-state index in [1.165, 1.54) is 5.56 Å². The van der Waals surface area contributed by atoms with E-state index in [0.29, 0.717) is 6.42 Å². The summed E-state index contributed by atoms with van der Waals surface area (Å²) in [6, 6.07) is 10.2. The molecule has 4 heteroatoms. The second kappa shape index (κ2) is 6.39. The minimum absolute atomic E-state index is 0.396. The molecule has 0 bridgehead atoms. The van der Waals surface area contributed by atoms with Crippen molar-refractivity contribution < 1.29 is 9.47 Å². The van der Waals surface area contributed by atoms with Gasteiger partial charge in [0.05, 0.1) is 6.07 Å². The first kappa shape index (κ1) is 14.5. The molecule has 1 N–H and O–H groups in total. The van der Waals surface area contributed by atoms with Gasteiger partial charge in [0, 0.05) is 26.3 Å². The molecule has 1 atom stereocenters. The lowest BCUT2D eigenvalue weighted by Gasteiger charge is -2.27. The summed E-state index contributed by atoms with van der Waals surface area (Å²) in [5.41, 5.74) is 1.37. The number of anilines is 1. The third-order valence-corrected chi connectivity index (χ3v) is 2.82. The Balaban J connectivity index is 2.76. The molecule has 0 saturated carbocycles. The van der Waals surface area contributed by atoms with Gasteiger partial charge in [0.25, 0.3) is 0 Å². The van der Waals surface area contributed by atoms with Gasteiger partial charge in [-0.3, -0.25) is 0 Å². The Bertz CT molecular complexity index is 407. The first-order chi connectivity index (χ1) is 8.53. The van der Waals surface area contributed by atoms with Crippen LogP contribution in [0.3, 0.4) is 0 Å². The number of nitrogens with one attached hydrogen (secondary N) is 1. The summed E-state index contributed by atoms with van der Waals surface area (Å²) in [6.45, 7) is 3.86. The van der Waals surface area contributed by atoms with Crippen LogP contribution in [0.4, 0.5) is 5.69 Å². The molecule has 0 aliphatic carbocycles. The Kier molecular flexibility index (Phi) is 5.14. The van der Waals surface area contributed by atoms with Crippen LogP contribution in [0.2, 0.25) is 0 Å². The van der Waals surface area contributed by atoms with E-state index in [-0.39, 0.29) is 0 Å². The molecule has 0 heterocycles. The predicted octanol–water partition coefficient (Wildman–Crippen LogP) is 2.70. The summed E-state index contributed by atoms with van der Waals surface area (Å²) < 4.78 is 10.3. The summed E-state index contributed by atoms with van der Waals surface area (Å²) in [5.74, 6) is 0. The number of benzene rings is 1. The topological polar surface area (TPSA) is 54.3 Å². The molecule has 0 fully saturated rings. The fourth-order valence-electron chi connectivity index (χ4n) is 1.68. The molecule has 98 valence electrons. The molecule has 0 radical (unpaired) electrons. The molecular weight excluding hydrogens is 228 g/mol. The van der Waals surface area contributed by atoms with Crippen molar-refractivity contribution in [3.8, 4) is 6.07 Å². The molecule has 0 aromatic heterocycles. The zero-order valence-electron chi connectivity index (χ0n) is 11.4. The van der Waals surface area contributed by atoms with Gasteiger partial charge in [0.15, 0.2) is 6.29 Å². The highest BCUT2D eigenvalue weighted by atomic mass is 16.7. The molecule has 0 aliphatic heterocycles. The minimum Gasteiger partial charge on any atom is -0.367 e. The molecule has 0 aliphatic rings. The van der Waals surface area contributed by atoms with E-state index in [1.54, 1.807) is 14.2 Å².